The second kappa shape index (κ2) is 28.8. The highest BCUT2D eigenvalue weighted by Gasteiger charge is 2.32. The minimum Gasteiger partial charge on any atom is -0.295 e. The largest absolute Gasteiger partial charge is 0.295 e. The summed E-state index contributed by atoms with van der Waals surface area (Å²) in [7, 11) is 0. The second-order valence-corrected chi connectivity index (χ2v) is 18.4. The first-order valence-corrected chi connectivity index (χ1v) is 21.7. The van der Waals surface area contributed by atoms with Crippen LogP contribution in [0.15, 0.2) is 117 Å². The van der Waals surface area contributed by atoms with Crippen LogP contribution in [0.4, 0.5) is 0 Å². The molecule has 0 aromatic rings. The third-order valence-corrected chi connectivity index (χ3v) is 11.3. The maximum Gasteiger partial charge on any atom is 0.152 e. The number of rotatable bonds is 18. The third kappa shape index (κ3) is 26.9. The van der Waals surface area contributed by atoms with Crippen molar-refractivity contribution in [2.45, 2.75) is 187 Å². The van der Waals surface area contributed by atoms with Crippen molar-refractivity contribution >= 4 is 17.3 Å². The van der Waals surface area contributed by atoms with Gasteiger partial charge in [0.1, 0.15) is 0 Å². The van der Waals surface area contributed by atoms with E-state index >= 15 is 0 Å². The van der Waals surface area contributed by atoms with Gasteiger partial charge < -0.3 is 0 Å². The summed E-state index contributed by atoms with van der Waals surface area (Å²) >= 11 is 0. The third-order valence-electron chi connectivity index (χ3n) is 11.3. The highest BCUT2D eigenvalue weighted by atomic mass is 16.1. The van der Waals surface area contributed by atoms with Gasteiger partial charge in [0.05, 0.1) is 0 Å². The van der Waals surface area contributed by atoms with Crippen LogP contribution >= 0.6 is 0 Å². The molecule has 2 rings (SSSR count). The van der Waals surface area contributed by atoms with Crippen LogP contribution in [0.25, 0.3) is 0 Å². The van der Waals surface area contributed by atoms with Crippen LogP contribution in [0.1, 0.15) is 187 Å². The molecule has 0 amide bonds. The number of hydrogen-bond donors (Lipinski definition) is 0. The van der Waals surface area contributed by atoms with E-state index in [4.69, 9.17) is 0 Å². The summed E-state index contributed by atoms with van der Waals surface area (Å²) in [6.45, 7) is 31.7. The van der Waals surface area contributed by atoms with Crippen molar-refractivity contribution in [2.24, 2.45) is 16.7 Å². The van der Waals surface area contributed by atoms with E-state index in [1.807, 2.05) is 24.3 Å². The molecule has 1 unspecified atom stereocenters. The van der Waals surface area contributed by atoms with Gasteiger partial charge in [0.15, 0.2) is 17.3 Å². The topological polar surface area (TPSA) is 51.2 Å². The standard InChI is InChI=1S/3C18H28O/c2*1-14(8-6-10-16(3)19)11-12-17-15(2)9-7-13-18(17,4)5;1-15(2)9-6-10-16(3)11-7-12-17(4)13-8-14-18(5)19/h6,8,10H,7,9,11-13H2,1-5H3;6,8-10,17H,7,11-13H2,1-5H3;8-9,11,13-14H,6-7,10,12H2,1-5H3/b2*10-6+,14-8+;14-8+,16-11+,17-13+. The van der Waals surface area contributed by atoms with Crippen LogP contribution in [-0.2, 0) is 14.4 Å². The van der Waals surface area contributed by atoms with E-state index in [9.17, 15) is 14.4 Å². The van der Waals surface area contributed by atoms with Gasteiger partial charge in [0.2, 0.25) is 0 Å². The van der Waals surface area contributed by atoms with E-state index in [-0.39, 0.29) is 17.3 Å². The number of carbonyl (C=O) groups is 3. The fourth-order valence-corrected chi connectivity index (χ4v) is 7.67. The Bertz CT molecular complexity index is 1590. The zero-order valence-corrected chi connectivity index (χ0v) is 39.4. The number of allylic oxidation sites excluding steroid dienone is 20. The van der Waals surface area contributed by atoms with E-state index in [1.165, 1.54) is 66.4 Å². The van der Waals surface area contributed by atoms with Gasteiger partial charge in [-0.15, -0.1) is 0 Å². The maximum atomic E-state index is 10.8. The normalized spacial score (nSPS) is 18.9. The molecular formula is C54H84O3. The lowest BCUT2D eigenvalue weighted by Gasteiger charge is -2.38. The van der Waals surface area contributed by atoms with E-state index < -0.39 is 0 Å². The average molecular weight is 781 g/mol. The minimum atomic E-state index is 0.0964. The molecule has 0 aliphatic heterocycles. The molecule has 318 valence electrons. The molecule has 0 saturated carbocycles. The second-order valence-electron chi connectivity index (χ2n) is 18.4. The Morgan fingerprint density at radius 1 is 0.632 bits per heavy atom. The lowest BCUT2D eigenvalue weighted by molar-refractivity contribution is -0.113. The van der Waals surface area contributed by atoms with Gasteiger partial charge >= 0.3 is 0 Å². The molecule has 3 heteroatoms. The predicted octanol–water partition coefficient (Wildman–Crippen LogP) is 16.2. The maximum absolute atomic E-state index is 10.8. The van der Waals surface area contributed by atoms with Gasteiger partial charge in [-0.1, -0.05) is 127 Å². The highest BCUT2D eigenvalue weighted by Crippen LogP contribution is 2.44. The molecule has 0 aromatic heterocycles. The predicted molar refractivity (Wildman–Crippen MR) is 251 cm³/mol. The molecule has 0 N–H and O–H groups in total. The summed E-state index contributed by atoms with van der Waals surface area (Å²) in [5, 5.41) is 0. The fourth-order valence-electron chi connectivity index (χ4n) is 7.67. The quantitative estimate of drug-likeness (QED) is 0.0791. The summed E-state index contributed by atoms with van der Waals surface area (Å²) in [6.07, 6.45) is 39.0. The van der Waals surface area contributed by atoms with Gasteiger partial charge in [-0.25, -0.2) is 0 Å². The van der Waals surface area contributed by atoms with Crippen LogP contribution in [0.3, 0.4) is 0 Å². The number of carbonyl (C=O) groups excluding carboxylic acids is 3. The monoisotopic (exact) mass is 781 g/mol. The fraction of sp³-hybridized carbons (Fsp3) is 0.574. The number of ketones is 3. The Hall–Kier alpha value is -3.59. The van der Waals surface area contributed by atoms with Gasteiger partial charge in [0, 0.05) is 0 Å². The van der Waals surface area contributed by atoms with Gasteiger partial charge in [-0.3, -0.25) is 14.4 Å². The lowest BCUT2D eigenvalue weighted by atomic mass is 9.67. The molecule has 57 heavy (non-hydrogen) atoms. The summed E-state index contributed by atoms with van der Waals surface area (Å²) in [6, 6.07) is 0. The van der Waals surface area contributed by atoms with E-state index in [2.05, 4.69) is 113 Å². The Morgan fingerprint density at radius 2 is 1.11 bits per heavy atom. The Morgan fingerprint density at radius 3 is 1.58 bits per heavy atom. The summed E-state index contributed by atoms with van der Waals surface area (Å²) < 4.78 is 0. The first kappa shape index (κ1) is 53.4. The molecule has 0 fully saturated rings. The molecular weight excluding hydrogens is 697 g/mol. The van der Waals surface area contributed by atoms with E-state index in [0.29, 0.717) is 16.7 Å². The Labute approximate surface area is 352 Å². The SMILES string of the molecule is CC(=O)/C=C/C=C(\C)CC/C=C(\C)CCC=C(C)C.CC(=O)/C=C/C=C(\C)CCC1=C(C)CCCC1(C)C.CC(=O)/C=C/C=C(\C)CCC1C(C)=CCCC1(C)C. The molecule has 0 heterocycles. The Balaban J connectivity index is 0.000000825. The molecule has 0 radical (unpaired) electrons. The van der Waals surface area contributed by atoms with Gasteiger partial charge in [0.25, 0.3) is 0 Å². The molecule has 0 spiro atoms. The van der Waals surface area contributed by atoms with Crippen LogP contribution in [0.5, 0.6) is 0 Å². The molecule has 0 bridgehead atoms. The summed E-state index contributed by atoms with van der Waals surface area (Å²) in [5.41, 5.74) is 12.5. The van der Waals surface area contributed by atoms with Crippen molar-refractivity contribution in [1.82, 2.24) is 0 Å². The van der Waals surface area contributed by atoms with Gasteiger partial charge in [-0.2, -0.15) is 0 Å². The van der Waals surface area contributed by atoms with Crippen molar-refractivity contribution in [3.63, 3.8) is 0 Å². The zero-order valence-electron chi connectivity index (χ0n) is 39.4. The summed E-state index contributed by atoms with van der Waals surface area (Å²) in [4.78, 5) is 32.4. The Kier molecular flexibility index (Phi) is 26.9. The van der Waals surface area contributed by atoms with E-state index in [0.717, 1.165) is 44.9 Å². The van der Waals surface area contributed by atoms with Crippen LogP contribution in [-0.4, -0.2) is 17.3 Å². The first-order chi connectivity index (χ1) is 26.6. The highest BCUT2D eigenvalue weighted by molar-refractivity contribution is 5.88. The van der Waals surface area contributed by atoms with Crippen molar-refractivity contribution in [3.05, 3.63) is 117 Å². The summed E-state index contributed by atoms with van der Waals surface area (Å²) in [5.74, 6) is 1.01. The number of hydrogen-bond acceptors (Lipinski definition) is 3. The smallest absolute Gasteiger partial charge is 0.152 e. The van der Waals surface area contributed by atoms with Crippen molar-refractivity contribution in [3.8, 4) is 0 Å². The van der Waals surface area contributed by atoms with Crippen LogP contribution < -0.4 is 0 Å². The molecule has 2 aliphatic rings. The van der Waals surface area contributed by atoms with Crippen molar-refractivity contribution in [2.75, 3.05) is 0 Å². The van der Waals surface area contributed by atoms with Crippen LogP contribution in [0, 0.1) is 16.7 Å². The molecule has 2 aliphatic carbocycles. The van der Waals surface area contributed by atoms with Crippen LogP contribution in [0.2, 0.25) is 0 Å². The van der Waals surface area contributed by atoms with Gasteiger partial charge in [-0.05, 0) is 195 Å². The van der Waals surface area contributed by atoms with E-state index in [1.54, 1.807) is 55.7 Å². The lowest BCUT2D eigenvalue weighted by Crippen LogP contribution is -2.27. The average Bonchev–Trinajstić information content (AvgIpc) is 3.07. The molecule has 0 aromatic carbocycles. The molecule has 3 nitrogen and oxygen atoms in total. The molecule has 0 saturated heterocycles. The van der Waals surface area contributed by atoms with Crippen molar-refractivity contribution in [1.29, 1.82) is 0 Å². The van der Waals surface area contributed by atoms with Crippen molar-refractivity contribution < 1.29 is 14.4 Å². The molecule has 1 atom stereocenters. The first-order valence-electron chi connectivity index (χ1n) is 21.7. The minimum absolute atomic E-state index is 0.0964. The zero-order chi connectivity index (χ0) is 43.6.